The summed E-state index contributed by atoms with van der Waals surface area (Å²) in [6.45, 7) is 3.16. The molecule has 0 radical (unpaired) electrons. The first-order valence-corrected chi connectivity index (χ1v) is 8.34. The van der Waals surface area contributed by atoms with Crippen molar-refractivity contribution in [2.24, 2.45) is 5.73 Å². The number of hydrogen-bond acceptors (Lipinski definition) is 6. The topological polar surface area (TPSA) is 72.1 Å². The van der Waals surface area contributed by atoms with E-state index >= 15 is 0 Å². The second-order valence-electron chi connectivity index (χ2n) is 4.54. The number of likely N-dealkylation sites (tertiary alicyclic amines) is 1. The summed E-state index contributed by atoms with van der Waals surface area (Å²) in [6.07, 6.45) is 3.63. The maximum absolute atomic E-state index is 12.3. The zero-order valence-corrected chi connectivity index (χ0v) is 13.3. The summed E-state index contributed by atoms with van der Waals surface area (Å²) in [5.41, 5.74) is 6.54. The highest BCUT2D eigenvalue weighted by Gasteiger charge is 2.38. The Hall–Kier alpha value is -0.730. The second kappa shape index (κ2) is 5.72. The number of carbonyl (C=O) groups is 1. The third-order valence-corrected chi connectivity index (χ3v) is 6.29. The number of amides is 1. The standard InChI is InChI=1S/C11H16N4OS3/c1-7-8(19-14-13-7)9(16)15-5-3-11(18-2,4-6-15)10(12)17/h3-6H2,1-2H3,(H2,12,17). The Bertz CT molecular complexity index is 494. The van der Waals surface area contributed by atoms with E-state index in [2.05, 4.69) is 9.59 Å². The van der Waals surface area contributed by atoms with E-state index in [1.165, 1.54) is 0 Å². The predicted octanol–water partition coefficient (Wildman–Crippen LogP) is 1.47. The number of thiocarbonyl (C=S) groups is 1. The molecule has 19 heavy (non-hydrogen) atoms. The molecule has 2 rings (SSSR count). The molecule has 0 atom stereocenters. The smallest absolute Gasteiger partial charge is 0.267 e. The fraction of sp³-hybridized carbons (Fsp3) is 0.636. The molecule has 0 bridgehead atoms. The van der Waals surface area contributed by atoms with Gasteiger partial charge in [-0.15, -0.1) is 5.10 Å². The third kappa shape index (κ3) is 2.75. The summed E-state index contributed by atoms with van der Waals surface area (Å²) in [5.74, 6) is 0.0187. The summed E-state index contributed by atoms with van der Waals surface area (Å²) in [7, 11) is 0. The molecule has 1 fully saturated rings. The number of nitrogens with two attached hydrogens (primary N) is 1. The highest BCUT2D eigenvalue weighted by atomic mass is 32.2. The normalized spacial score (nSPS) is 18.3. The minimum absolute atomic E-state index is 0.0187. The molecule has 1 amide bonds. The number of carbonyl (C=O) groups excluding carboxylic acids is 1. The van der Waals surface area contributed by atoms with Crippen LogP contribution >= 0.6 is 35.5 Å². The van der Waals surface area contributed by atoms with Gasteiger partial charge in [-0.25, -0.2) is 0 Å². The number of aromatic nitrogens is 2. The van der Waals surface area contributed by atoms with Crippen molar-refractivity contribution in [3.05, 3.63) is 10.6 Å². The largest absolute Gasteiger partial charge is 0.392 e. The minimum Gasteiger partial charge on any atom is -0.392 e. The van der Waals surface area contributed by atoms with Crippen molar-refractivity contribution in [1.82, 2.24) is 14.5 Å². The molecule has 0 spiro atoms. The van der Waals surface area contributed by atoms with E-state index in [4.69, 9.17) is 18.0 Å². The lowest BCUT2D eigenvalue weighted by Gasteiger charge is -2.39. The van der Waals surface area contributed by atoms with Crippen LogP contribution in [-0.2, 0) is 0 Å². The number of aryl methyl sites for hydroxylation is 1. The van der Waals surface area contributed by atoms with Crippen molar-refractivity contribution in [1.29, 1.82) is 0 Å². The van der Waals surface area contributed by atoms with Crippen LogP contribution in [-0.4, -0.2) is 49.5 Å². The molecule has 1 aromatic heterocycles. The van der Waals surface area contributed by atoms with Crippen LogP contribution in [0.25, 0.3) is 0 Å². The van der Waals surface area contributed by atoms with Crippen molar-refractivity contribution in [2.45, 2.75) is 24.5 Å². The summed E-state index contributed by atoms with van der Waals surface area (Å²) in [6, 6.07) is 0. The van der Waals surface area contributed by atoms with Crippen LogP contribution in [0.5, 0.6) is 0 Å². The van der Waals surface area contributed by atoms with Crippen molar-refractivity contribution in [3.63, 3.8) is 0 Å². The first-order valence-electron chi connectivity index (χ1n) is 5.93. The van der Waals surface area contributed by atoms with Crippen molar-refractivity contribution in [2.75, 3.05) is 19.3 Å². The van der Waals surface area contributed by atoms with Gasteiger partial charge in [0.05, 0.1) is 15.4 Å². The van der Waals surface area contributed by atoms with Gasteiger partial charge in [0.25, 0.3) is 5.91 Å². The van der Waals surface area contributed by atoms with E-state index in [1.54, 1.807) is 11.8 Å². The molecule has 104 valence electrons. The molecule has 0 unspecified atom stereocenters. The van der Waals surface area contributed by atoms with E-state index in [0.29, 0.717) is 28.6 Å². The number of thioether (sulfide) groups is 1. The van der Waals surface area contributed by atoms with Gasteiger partial charge in [0.15, 0.2) is 0 Å². The van der Waals surface area contributed by atoms with Crippen LogP contribution in [0.15, 0.2) is 0 Å². The predicted molar refractivity (Wildman–Crippen MR) is 82.8 cm³/mol. The average Bonchev–Trinajstić information content (AvgIpc) is 2.84. The van der Waals surface area contributed by atoms with Gasteiger partial charge in [0.2, 0.25) is 0 Å². The van der Waals surface area contributed by atoms with Crippen LogP contribution in [0, 0.1) is 6.92 Å². The van der Waals surface area contributed by atoms with E-state index < -0.39 is 0 Å². The first-order chi connectivity index (χ1) is 9.00. The Balaban J connectivity index is 2.06. The van der Waals surface area contributed by atoms with Crippen molar-refractivity contribution >= 4 is 46.4 Å². The number of rotatable bonds is 3. The fourth-order valence-electron chi connectivity index (χ4n) is 2.19. The zero-order valence-electron chi connectivity index (χ0n) is 10.9. The van der Waals surface area contributed by atoms with Gasteiger partial charge in [-0.1, -0.05) is 16.7 Å². The Morgan fingerprint density at radius 1 is 1.53 bits per heavy atom. The molecule has 8 heteroatoms. The van der Waals surface area contributed by atoms with Gasteiger partial charge in [0, 0.05) is 13.1 Å². The van der Waals surface area contributed by atoms with Gasteiger partial charge in [-0.05, 0) is 37.6 Å². The van der Waals surface area contributed by atoms with Gasteiger partial charge in [0.1, 0.15) is 4.88 Å². The van der Waals surface area contributed by atoms with Crippen LogP contribution in [0.2, 0.25) is 0 Å². The van der Waals surface area contributed by atoms with E-state index in [-0.39, 0.29) is 10.7 Å². The number of nitrogens with zero attached hydrogens (tertiary/aromatic N) is 3. The molecule has 0 aliphatic carbocycles. The maximum atomic E-state index is 12.3. The molecule has 1 aliphatic rings. The lowest BCUT2D eigenvalue weighted by molar-refractivity contribution is 0.0723. The molecule has 1 aromatic rings. The first kappa shape index (κ1) is 14.7. The van der Waals surface area contributed by atoms with Gasteiger partial charge in [-0.3, -0.25) is 4.79 Å². The third-order valence-electron chi connectivity index (χ3n) is 3.54. The quantitative estimate of drug-likeness (QED) is 0.852. The zero-order chi connectivity index (χ0) is 14.0. The molecule has 5 nitrogen and oxygen atoms in total. The fourth-order valence-corrected chi connectivity index (χ4v) is 4.06. The number of hydrogen-bond donors (Lipinski definition) is 1. The van der Waals surface area contributed by atoms with Crippen molar-refractivity contribution in [3.8, 4) is 0 Å². The number of piperidine rings is 1. The SMILES string of the molecule is CSC1(C(N)=S)CCN(C(=O)c2snnc2C)CC1. The van der Waals surface area contributed by atoms with Crippen LogP contribution < -0.4 is 5.73 Å². The average molecular weight is 316 g/mol. The molecule has 2 N–H and O–H groups in total. The van der Waals surface area contributed by atoms with Gasteiger partial charge < -0.3 is 10.6 Å². The minimum atomic E-state index is -0.160. The monoisotopic (exact) mass is 316 g/mol. The molecular weight excluding hydrogens is 300 g/mol. The van der Waals surface area contributed by atoms with E-state index in [1.807, 2.05) is 18.1 Å². The highest BCUT2D eigenvalue weighted by molar-refractivity contribution is 8.02. The summed E-state index contributed by atoms with van der Waals surface area (Å²) in [4.78, 5) is 15.4. The summed E-state index contributed by atoms with van der Waals surface area (Å²) in [5, 5.41) is 3.88. The van der Waals surface area contributed by atoms with Gasteiger partial charge in [-0.2, -0.15) is 11.8 Å². The van der Waals surface area contributed by atoms with Crippen molar-refractivity contribution < 1.29 is 4.79 Å². The molecule has 0 saturated carbocycles. The Kier molecular flexibility index (Phi) is 4.42. The van der Waals surface area contributed by atoms with Gasteiger partial charge >= 0.3 is 0 Å². The molecular formula is C11H16N4OS3. The summed E-state index contributed by atoms with van der Waals surface area (Å²) >= 11 is 8.01. The lowest BCUT2D eigenvalue weighted by Crippen LogP contribution is -2.50. The maximum Gasteiger partial charge on any atom is 0.267 e. The lowest BCUT2D eigenvalue weighted by atomic mass is 9.95. The Morgan fingerprint density at radius 2 is 2.16 bits per heavy atom. The second-order valence-corrected chi connectivity index (χ2v) is 6.93. The molecule has 1 saturated heterocycles. The van der Waals surface area contributed by atoms with Crippen LogP contribution in [0.1, 0.15) is 28.2 Å². The van der Waals surface area contributed by atoms with Crippen LogP contribution in [0.3, 0.4) is 0 Å². The van der Waals surface area contributed by atoms with E-state index in [0.717, 1.165) is 24.4 Å². The molecule has 0 aromatic carbocycles. The Morgan fingerprint density at radius 3 is 2.58 bits per heavy atom. The Labute approximate surface area is 126 Å². The van der Waals surface area contributed by atoms with E-state index in [9.17, 15) is 4.79 Å². The summed E-state index contributed by atoms with van der Waals surface area (Å²) < 4.78 is 3.65. The van der Waals surface area contributed by atoms with Crippen LogP contribution in [0.4, 0.5) is 0 Å². The molecule has 1 aliphatic heterocycles. The molecule has 2 heterocycles. The highest BCUT2D eigenvalue weighted by Crippen LogP contribution is 2.35.